The molecule has 19 heavy (non-hydrogen) atoms. The molecule has 0 aromatic heterocycles. The van der Waals surface area contributed by atoms with Crippen LogP contribution < -0.4 is 11.1 Å². The van der Waals surface area contributed by atoms with Crippen LogP contribution in [0.5, 0.6) is 0 Å². The number of carbonyl (C=O) groups excluding carboxylic acids is 2. The summed E-state index contributed by atoms with van der Waals surface area (Å²) in [5, 5.41) is 2.55. The predicted molar refractivity (Wildman–Crippen MR) is 68.9 cm³/mol. The fourth-order valence-electron chi connectivity index (χ4n) is 2.19. The maximum absolute atomic E-state index is 13.4. The molecule has 0 spiro atoms. The van der Waals surface area contributed by atoms with Gasteiger partial charge in [0.2, 0.25) is 5.91 Å². The lowest BCUT2D eigenvalue weighted by molar-refractivity contribution is -0.121. The van der Waals surface area contributed by atoms with Crippen molar-refractivity contribution < 1.29 is 14.0 Å². The average molecular weight is 265 g/mol. The number of amides is 3. The largest absolute Gasteiger partial charge is 0.351 e. The number of piperidine rings is 1. The van der Waals surface area contributed by atoms with E-state index < -0.39 is 11.8 Å². The molecule has 0 bridgehead atoms. The highest BCUT2D eigenvalue weighted by atomic mass is 19.1. The maximum Gasteiger partial charge on any atom is 0.314 e. The van der Waals surface area contributed by atoms with Crippen molar-refractivity contribution in [2.24, 2.45) is 11.7 Å². The van der Waals surface area contributed by atoms with Gasteiger partial charge in [0, 0.05) is 13.1 Å². The molecule has 3 N–H and O–H groups in total. The minimum atomic E-state index is -0.525. The number of primary amides is 1. The first-order chi connectivity index (χ1) is 9.08. The lowest BCUT2D eigenvalue weighted by atomic mass is 9.97. The van der Waals surface area contributed by atoms with Crippen molar-refractivity contribution >= 4 is 17.6 Å². The Balaban J connectivity index is 2.00. The van der Waals surface area contributed by atoms with Gasteiger partial charge in [0.1, 0.15) is 5.82 Å². The van der Waals surface area contributed by atoms with Crippen molar-refractivity contribution in [2.75, 3.05) is 18.4 Å². The molecule has 1 unspecified atom stereocenters. The van der Waals surface area contributed by atoms with Gasteiger partial charge in [-0.25, -0.2) is 9.18 Å². The highest BCUT2D eigenvalue weighted by molar-refractivity contribution is 5.93. The molecule has 5 nitrogen and oxygen atoms in total. The molecule has 1 aromatic rings. The van der Waals surface area contributed by atoms with E-state index in [4.69, 9.17) is 5.73 Å². The fraction of sp³-hybridized carbons (Fsp3) is 0.385. The molecule has 0 saturated carbocycles. The molecular weight excluding hydrogens is 249 g/mol. The topological polar surface area (TPSA) is 75.4 Å². The first-order valence-corrected chi connectivity index (χ1v) is 6.17. The summed E-state index contributed by atoms with van der Waals surface area (Å²) in [7, 11) is 0. The number of benzene rings is 1. The van der Waals surface area contributed by atoms with E-state index >= 15 is 0 Å². The third-order valence-electron chi connectivity index (χ3n) is 3.24. The van der Waals surface area contributed by atoms with Gasteiger partial charge in [-0.2, -0.15) is 0 Å². The molecule has 1 aliphatic rings. The quantitative estimate of drug-likeness (QED) is 0.851. The van der Waals surface area contributed by atoms with Crippen LogP contribution in [0.15, 0.2) is 24.3 Å². The maximum atomic E-state index is 13.4. The van der Waals surface area contributed by atoms with Crippen LogP contribution in [0.2, 0.25) is 0 Å². The number of hydrogen-bond acceptors (Lipinski definition) is 2. The van der Waals surface area contributed by atoms with E-state index in [1.807, 2.05) is 0 Å². The molecule has 0 aliphatic carbocycles. The van der Waals surface area contributed by atoms with Crippen molar-refractivity contribution in [2.45, 2.75) is 12.8 Å². The second kappa shape index (κ2) is 5.69. The number of urea groups is 1. The second-order valence-corrected chi connectivity index (χ2v) is 4.59. The number of halogens is 1. The van der Waals surface area contributed by atoms with Gasteiger partial charge < -0.3 is 16.0 Å². The molecule has 1 aromatic carbocycles. The minimum absolute atomic E-state index is 0.156. The van der Waals surface area contributed by atoms with E-state index in [2.05, 4.69) is 5.32 Å². The van der Waals surface area contributed by atoms with Crippen molar-refractivity contribution in [3.05, 3.63) is 30.1 Å². The first-order valence-electron chi connectivity index (χ1n) is 6.17. The Labute approximate surface area is 110 Å². The molecule has 1 saturated heterocycles. The molecule has 1 atom stereocenters. The number of nitrogens with zero attached hydrogens (tertiary/aromatic N) is 1. The summed E-state index contributed by atoms with van der Waals surface area (Å²) in [6, 6.07) is 5.47. The zero-order valence-electron chi connectivity index (χ0n) is 10.4. The van der Waals surface area contributed by atoms with Crippen LogP contribution in [0.3, 0.4) is 0 Å². The molecule has 1 fully saturated rings. The summed E-state index contributed by atoms with van der Waals surface area (Å²) in [5.41, 5.74) is 5.36. The Hall–Kier alpha value is -2.11. The Morgan fingerprint density at radius 1 is 1.37 bits per heavy atom. The van der Waals surface area contributed by atoms with Gasteiger partial charge in [0.15, 0.2) is 0 Å². The molecule has 3 amide bonds. The van der Waals surface area contributed by atoms with Gasteiger partial charge in [-0.1, -0.05) is 12.1 Å². The molecule has 1 aliphatic heterocycles. The Kier molecular flexibility index (Phi) is 3.99. The number of likely N-dealkylation sites (tertiary alicyclic amines) is 1. The molecule has 2 rings (SSSR count). The lowest BCUT2D eigenvalue weighted by Gasteiger charge is -2.30. The zero-order chi connectivity index (χ0) is 13.8. The third kappa shape index (κ3) is 3.21. The monoisotopic (exact) mass is 265 g/mol. The van der Waals surface area contributed by atoms with Gasteiger partial charge in [-0.05, 0) is 25.0 Å². The van der Waals surface area contributed by atoms with Crippen molar-refractivity contribution in [1.29, 1.82) is 0 Å². The van der Waals surface area contributed by atoms with E-state index in [1.165, 1.54) is 17.0 Å². The van der Waals surface area contributed by atoms with E-state index in [0.29, 0.717) is 13.0 Å². The van der Waals surface area contributed by atoms with Crippen LogP contribution >= 0.6 is 0 Å². The Morgan fingerprint density at radius 2 is 2.11 bits per heavy atom. The third-order valence-corrected chi connectivity index (χ3v) is 3.24. The number of para-hydroxylation sites is 1. The summed E-state index contributed by atoms with van der Waals surface area (Å²) in [4.78, 5) is 24.6. The van der Waals surface area contributed by atoms with Crippen LogP contribution in [0, 0.1) is 11.7 Å². The Bertz CT molecular complexity index is 493. The molecule has 1 heterocycles. The van der Waals surface area contributed by atoms with Gasteiger partial charge in [0.25, 0.3) is 0 Å². The van der Waals surface area contributed by atoms with Crippen LogP contribution in [0.4, 0.5) is 14.9 Å². The number of rotatable bonds is 2. The average Bonchev–Trinajstić information content (AvgIpc) is 2.41. The summed E-state index contributed by atoms with van der Waals surface area (Å²) in [5.74, 6) is -1.10. The van der Waals surface area contributed by atoms with Crippen molar-refractivity contribution in [3.8, 4) is 0 Å². The zero-order valence-corrected chi connectivity index (χ0v) is 10.4. The van der Waals surface area contributed by atoms with E-state index in [0.717, 1.165) is 6.42 Å². The second-order valence-electron chi connectivity index (χ2n) is 4.59. The molecule has 6 heteroatoms. The first kappa shape index (κ1) is 13.3. The number of nitrogens with one attached hydrogen (secondary N) is 1. The minimum Gasteiger partial charge on any atom is -0.351 e. The normalized spacial score (nSPS) is 19.0. The van der Waals surface area contributed by atoms with E-state index in [-0.39, 0.29) is 24.1 Å². The summed E-state index contributed by atoms with van der Waals surface area (Å²) in [6.45, 7) is 0.856. The summed E-state index contributed by atoms with van der Waals surface area (Å²) in [6.07, 6.45) is 1.39. The molecule has 0 radical (unpaired) electrons. The van der Waals surface area contributed by atoms with Gasteiger partial charge in [-0.3, -0.25) is 4.79 Å². The van der Waals surface area contributed by atoms with Gasteiger partial charge in [-0.15, -0.1) is 0 Å². The highest BCUT2D eigenvalue weighted by Gasteiger charge is 2.27. The number of carbonyl (C=O) groups is 2. The van der Waals surface area contributed by atoms with E-state index in [1.54, 1.807) is 12.1 Å². The summed E-state index contributed by atoms with van der Waals surface area (Å²) < 4.78 is 13.4. The Morgan fingerprint density at radius 3 is 2.79 bits per heavy atom. The van der Waals surface area contributed by atoms with E-state index in [9.17, 15) is 14.0 Å². The lowest BCUT2D eigenvalue weighted by Crippen LogP contribution is -2.46. The number of hydrogen-bond donors (Lipinski definition) is 2. The van der Waals surface area contributed by atoms with Crippen molar-refractivity contribution in [1.82, 2.24) is 4.90 Å². The van der Waals surface area contributed by atoms with Crippen LogP contribution in [0.1, 0.15) is 12.8 Å². The van der Waals surface area contributed by atoms with Crippen LogP contribution in [0.25, 0.3) is 0 Å². The molecule has 102 valence electrons. The summed E-state index contributed by atoms with van der Waals surface area (Å²) >= 11 is 0. The van der Waals surface area contributed by atoms with Crippen molar-refractivity contribution in [3.63, 3.8) is 0 Å². The van der Waals surface area contributed by atoms with Gasteiger partial charge in [0.05, 0.1) is 11.6 Å². The number of nitrogens with two attached hydrogens (primary N) is 1. The van der Waals surface area contributed by atoms with Crippen LogP contribution in [-0.4, -0.2) is 29.9 Å². The molecular formula is C13H16FN3O2. The fourth-order valence-corrected chi connectivity index (χ4v) is 2.19. The van der Waals surface area contributed by atoms with Crippen LogP contribution in [-0.2, 0) is 4.79 Å². The smallest absolute Gasteiger partial charge is 0.314 e. The SMILES string of the molecule is NC(=O)N1CCCC(C(=O)Nc2ccccc2F)C1. The van der Waals surface area contributed by atoms with Gasteiger partial charge >= 0.3 is 6.03 Å². The highest BCUT2D eigenvalue weighted by Crippen LogP contribution is 2.19. The predicted octanol–water partition coefficient (Wildman–Crippen LogP) is 1.55. The standard InChI is InChI=1S/C13H16FN3O2/c14-10-5-1-2-6-11(10)16-12(18)9-4-3-7-17(8-9)13(15)19/h1-2,5-6,9H,3-4,7-8H2,(H2,15,19)(H,16,18). The number of anilines is 1.